The quantitative estimate of drug-likeness (QED) is 0.790. The molecule has 0 aliphatic rings. The minimum Gasteiger partial charge on any atom is -0.466 e. The summed E-state index contributed by atoms with van der Waals surface area (Å²) in [4.78, 5) is 11.1. The lowest BCUT2D eigenvalue weighted by Crippen LogP contribution is -2.24. The van der Waals surface area contributed by atoms with Gasteiger partial charge in [-0.1, -0.05) is 0 Å². The van der Waals surface area contributed by atoms with Crippen molar-refractivity contribution in [2.24, 2.45) is 0 Å². The number of nitrogens with one attached hydrogen (secondary N) is 1. The van der Waals surface area contributed by atoms with E-state index in [1.54, 1.807) is 13.0 Å². The Hall–Kier alpha value is -1.14. The van der Waals surface area contributed by atoms with Crippen LogP contribution >= 0.6 is 15.9 Å². The van der Waals surface area contributed by atoms with Crippen molar-refractivity contribution in [2.75, 3.05) is 18.5 Å². The number of benzene rings is 1. The fourth-order valence-corrected chi connectivity index (χ4v) is 1.84. The first-order chi connectivity index (χ1) is 8.52. The fourth-order valence-electron chi connectivity index (χ4n) is 1.35. The Kier molecular flexibility index (Phi) is 6.07. The van der Waals surface area contributed by atoms with Gasteiger partial charge in [0.25, 0.3) is 0 Å². The number of ether oxygens (including phenoxy) is 1. The standard InChI is InChI=1S/C12H15BrFNO3/c1-2-18-12(17)6-9(16)7-15-11-4-3-8(14)5-10(11)13/h3-5,9,15-16H,2,6-7H2,1H3. The maximum absolute atomic E-state index is 12.8. The van der Waals surface area contributed by atoms with E-state index in [2.05, 4.69) is 21.2 Å². The number of hydrogen-bond donors (Lipinski definition) is 2. The van der Waals surface area contributed by atoms with Crippen LogP contribution in [0.15, 0.2) is 22.7 Å². The Morgan fingerprint density at radius 2 is 2.33 bits per heavy atom. The van der Waals surface area contributed by atoms with E-state index in [1.807, 2.05) is 0 Å². The zero-order valence-electron chi connectivity index (χ0n) is 9.95. The van der Waals surface area contributed by atoms with Crippen molar-refractivity contribution in [1.82, 2.24) is 0 Å². The maximum atomic E-state index is 12.8. The van der Waals surface area contributed by atoms with E-state index in [-0.39, 0.29) is 18.8 Å². The van der Waals surface area contributed by atoms with Gasteiger partial charge in [-0.25, -0.2) is 4.39 Å². The lowest BCUT2D eigenvalue weighted by atomic mass is 10.2. The number of hydrogen-bond acceptors (Lipinski definition) is 4. The second-order valence-electron chi connectivity index (χ2n) is 3.67. The molecule has 0 fully saturated rings. The third-order valence-corrected chi connectivity index (χ3v) is 2.82. The van der Waals surface area contributed by atoms with E-state index in [1.165, 1.54) is 12.1 Å². The predicted octanol–water partition coefficient (Wildman–Crippen LogP) is 2.31. The van der Waals surface area contributed by atoms with Crippen molar-refractivity contribution >= 4 is 27.6 Å². The van der Waals surface area contributed by atoms with Gasteiger partial charge in [-0.2, -0.15) is 0 Å². The summed E-state index contributed by atoms with van der Waals surface area (Å²) in [5, 5.41) is 12.5. The number of rotatable bonds is 6. The van der Waals surface area contributed by atoms with Gasteiger partial charge < -0.3 is 15.2 Å². The van der Waals surface area contributed by atoms with Crippen LogP contribution in [0.5, 0.6) is 0 Å². The summed E-state index contributed by atoms with van der Waals surface area (Å²) in [6.45, 7) is 2.18. The highest BCUT2D eigenvalue weighted by Gasteiger charge is 2.12. The molecule has 0 bridgehead atoms. The summed E-state index contributed by atoms with van der Waals surface area (Å²) in [5.74, 6) is -0.788. The molecule has 1 atom stereocenters. The highest BCUT2D eigenvalue weighted by molar-refractivity contribution is 9.10. The molecular weight excluding hydrogens is 305 g/mol. The number of carbonyl (C=O) groups excluding carboxylic acids is 1. The highest BCUT2D eigenvalue weighted by atomic mass is 79.9. The van der Waals surface area contributed by atoms with Crippen molar-refractivity contribution in [3.8, 4) is 0 Å². The number of anilines is 1. The molecule has 0 saturated heterocycles. The van der Waals surface area contributed by atoms with Gasteiger partial charge in [0, 0.05) is 16.7 Å². The van der Waals surface area contributed by atoms with Crippen LogP contribution in [0.3, 0.4) is 0 Å². The van der Waals surface area contributed by atoms with E-state index >= 15 is 0 Å². The topological polar surface area (TPSA) is 58.6 Å². The van der Waals surface area contributed by atoms with Gasteiger partial charge >= 0.3 is 5.97 Å². The molecule has 6 heteroatoms. The Labute approximate surface area is 113 Å². The SMILES string of the molecule is CCOC(=O)CC(O)CNc1ccc(F)cc1Br. The molecule has 0 radical (unpaired) electrons. The van der Waals surface area contributed by atoms with Gasteiger partial charge in [-0.3, -0.25) is 4.79 Å². The van der Waals surface area contributed by atoms with Crippen LogP contribution in [0.4, 0.5) is 10.1 Å². The van der Waals surface area contributed by atoms with Crippen LogP contribution in [-0.2, 0) is 9.53 Å². The summed E-state index contributed by atoms with van der Waals surface area (Å²) in [5.41, 5.74) is 0.652. The lowest BCUT2D eigenvalue weighted by molar-refractivity contribution is -0.145. The molecule has 18 heavy (non-hydrogen) atoms. The molecule has 0 aliphatic heterocycles. The Bertz CT molecular complexity index is 414. The van der Waals surface area contributed by atoms with Gasteiger partial charge in [0.2, 0.25) is 0 Å². The first kappa shape index (κ1) is 14.9. The van der Waals surface area contributed by atoms with Gasteiger partial charge in [0.15, 0.2) is 0 Å². The van der Waals surface area contributed by atoms with Crippen LogP contribution in [0, 0.1) is 5.82 Å². The molecule has 1 unspecified atom stereocenters. The van der Waals surface area contributed by atoms with E-state index in [9.17, 15) is 14.3 Å². The largest absolute Gasteiger partial charge is 0.466 e. The zero-order valence-corrected chi connectivity index (χ0v) is 11.5. The van der Waals surface area contributed by atoms with Crippen molar-refractivity contribution < 1.29 is 19.0 Å². The Morgan fingerprint density at radius 1 is 1.61 bits per heavy atom. The molecule has 4 nitrogen and oxygen atoms in total. The number of aliphatic hydroxyl groups is 1. The Balaban J connectivity index is 2.42. The molecule has 0 heterocycles. The molecule has 0 saturated carbocycles. The second-order valence-corrected chi connectivity index (χ2v) is 4.52. The second kappa shape index (κ2) is 7.33. The molecule has 1 rings (SSSR count). The van der Waals surface area contributed by atoms with Crippen LogP contribution in [0.25, 0.3) is 0 Å². The first-order valence-electron chi connectivity index (χ1n) is 5.55. The number of aliphatic hydroxyl groups excluding tert-OH is 1. The van der Waals surface area contributed by atoms with E-state index in [0.29, 0.717) is 16.8 Å². The smallest absolute Gasteiger partial charge is 0.308 e. The van der Waals surface area contributed by atoms with Crippen molar-refractivity contribution in [2.45, 2.75) is 19.4 Å². The minimum atomic E-state index is -0.846. The van der Waals surface area contributed by atoms with Crippen molar-refractivity contribution in [1.29, 1.82) is 0 Å². The van der Waals surface area contributed by atoms with Crippen LogP contribution in [0.1, 0.15) is 13.3 Å². The van der Waals surface area contributed by atoms with Crippen LogP contribution < -0.4 is 5.32 Å². The van der Waals surface area contributed by atoms with E-state index in [0.717, 1.165) is 0 Å². The van der Waals surface area contributed by atoms with Crippen molar-refractivity contribution in [3.05, 3.63) is 28.5 Å². The van der Waals surface area contributed by atoms with Crippen molar-refractivity contribution in [3.63, 3.8) is 0 Å². The minimum absolute atomic E-state index is 0.0698. The molecule has 0 aliphatic carbocycles. The number of esters is 1. The maximum Gasteiger partial charge on any atom is 0.308 e. The van der Waals surface area contributed by atoms with E-state index in [4.69, 9.17) is 4.74 Å². The van der Waals surface area contributed by atoms with Crippen LogP contribution in [-0.4, -0.2) is 30.3 Å². The summed E-state index contributed by atoms with van der Waals surface area (Å²) in [7, 11) is 0. The summed E-state index contributed by atoms with van der Waals surface area (Å²) in [6, 6.07) is 4.18. The third kappa shape index (κ3) is 5.01. The molecule has 2 N–H and O–H groups in total. The molecule has 0 spiro atoms. The molecule has 1 aromatic carbocycles. The summed E-state index contributed by atoms with van der Waals surface area (Å²) < 4.78 is 18.1. The fraction of sp³-hybridized carbons (Fsp3) is 0.417. The zero-order chi connectivity index (χ0) is 13.5. The van der Waals surface area contributed by atoms with Gasteiger partial charge in [0.1, 0.15) is 5.82 Å². The average molecular weight is 320 g/mol. The third-order valence-electron chi connectivity index (χ3n) is 2.17. The Morgan fingerprint density at radius 3 is 2.94 bits per heavy atom. The van der Waals surface area contributed by atoms with Gasteiger partial charge in [-0.15, -0.1) is 0 Å². The lowest BCUT2D eigenvalue weighted by Gasteiger charge is -2.13. The molecule has 0 amide bonds. The summed E-state index contributed by atoms with van der Waals surface area (Å²) >= 11 is 3.20. The van der Waals surface area contributed by atoms with Crippen LogP contribution in [0.2, 0.25) is 0 Å². The van der Waals surface area contributed by atoms with Gasteiger partial charge in [-0.05, 0) is 41.1 Å². The number of carbonyl (C=O) groups is 1. The first-order valence-corrected chi connectivity index (χ1v) is 6.34. The molecular formula is C12H15BrFNO3. The number of halogens is 2. The predicted molar refractivity (Wildman–Crippen MR) is 69.8 cm³/mol. The highest BCUT2D eigenvalue weighted by Crippen LogP contribution is 2.22. The normalized spacial score (nSPS) is 12.0. The average Bonchev–Trinajstić information content (AvgIpc) is 2.28. The van der Waals surface area contributed by atoms with Gasteiger partial charge in [0.05, 0.1) is 19.1 Å². The monoisotopic (exact) mass is 319 g/mol. The molecule has 100 valence electrons. The van der Waals surface area contributed by atoms with E-state index < -0.39 is 12.1 Å². The molecule has 0 aromatic heterocycles. The summed E-state index contributed by atoms with van der Waals surface area (Å²) in [6.07, 6.45) is -0.916. The molecule has 1 aromatic rings.